The summed E-state index contributed by atoms with van der Waals surface area (Å²) in [6.45, 7) is 8.17. The van der Waals surface area contributed by atoms with Crippen molar-refractivity contribution in [2.75, 3.05) is 13.6 Å². The van der Waals surface area contributed by atoms with E-state index in [2.05, 4.69) is 28.6 Å². The predicted octanol–water partition coefficient (Wildman–Crippen LogP) is 4.28. The maximum absolute atomic E-state index is 11.9. The first-order chi connectivity index (χ1) is 13.8. The number of carbonyl (C=O) groups is 1. The number of likely N-dealkylation sites (N-methyl/N-ethyl adjacent to an activating group) is 1. The third kappa shape index (κ3) is 3.38. The summed E-state index contributed by atoms with van der Waals surface area (Å²) in [4.78, 5) is 19.9. The fraction of sp³-hybridized carbons (Fsp3) is 0.333. The van der Waals surface area contributed by atoms with Crippen molar-refractivity contribution in [3.05, 3.63) is 62.5 Å². The van der Waals surface area contributed by atoms with Crippen LogP contribution in [0.25, 0.3) is 5.00 Å². The van der Waals surface area contributed by atoms with Crippen molar-refractivity contribution in [1.29, 1.82) is 0 Å². The summed E-state index contributed by atoms with van der Waals surface area (Å²) in [5.41, 5.74) is 4.17. The van der Waals surface area contributed by atoms with Gasteiger partial charge >= 0.3 is 0 Å². The summed E-state index contributed by atoms with van der Waals surface area (Å²) in [7, 11) is 1.78. The summed E-state index contributed by atoms with van der Waals surface area (Å²) in [6, 6.07) is 7.40. The molecule has 29 heavy (non-hydrogen) atoms. The number of aromatic nitrogens is 3. The van der Waals surface area contributed by atoms with Crippen LogP contribution in [0.1, 0.15) is 46.2 Å². The topological polar surface area (TPSA) is 63.4 Å². The van der Waals surface area contributed by atoms with Crippen LogP contribution in [-0.4, -0.2) is 44.9 Å². The molecular weight excluding hydrogens is 406 g/mol. The summed E-state index contributed by atoms with van der Waals surface area (Å²) in [5.74, 6) is 1.55. The van der Waals surface area contributed by atoms with Gasteiger partial charge in [0.15, 0.2) is 5.82 Å². The third-order valence-electron chi connectivity index (χ3n) is 5.34. The van der Waals surface area contributed by atoms with Gasteiger partial charge in [-0.3, -0.25) is 14.4 Å². The number of nitrogens with zero attached hydrogens (tertiary/aromatic N) is 5. The minimum absolute atomic E-state index is 0.0120. The van der Waals surface area contributed by atoms with Crippen molar-refractivity contribution in [3.63, 3.8) is 0 Å². The quantitative estimate of drug-likeness (QED) is 0.626. The summed E-state index contributed by atoms with van der Waals surface area (Å²) in [5, 5.41) is 10.5. The number of fused-ring (bicyclic) bond motifs is 3. The van der Waals surface area contributed by atoms with Gasteiger partial charge in [0.2, 0.25) is 5.91 Å². The van der Waals surface area contributed by atoms with Crippen molar-refractivity contribution >= 4 is 34.6 Å². The van der Waals surface area contributed by atoms with E-state index in [1.807, 2.05) is 31.2 Å². The molecule has 0 aliphatic carbocycles. The average Bonchev–Trinajstić information content (AvgIpc) is 3.15. The Kier molecular flexibility index (Phi) is 5.04. The fourth-order valence-electron chi connectivity index (χ4n) is 3.51. The van der Waals surface area contributed by atoms with E-state index < -0.39 is 0 Å². The number of halogens is 1. The molecule has 4 rings (SSSR count). The molecule has 150 valence electrons. The highest BCUT2D eigenvalue weighted by Crippen LogP contribution is 2.38. The maximum atomic E-state index is 11.9. The number of carbonyl (C=O) groups excluding carboxylic acids is 1. The van der Waals surface area contributed by atoms with E-state index in [1.54, 1.807) is 30.2 Å². The molecule has 1 atom stereocenters. The van der Waals surface area contributed by atoms with E-state index in [1.165, 1.54) is 10.4 Å². The number of amides is 1. The Morgan fingerprint density at radius 3 is 2.55 bits per heavy atom. The molecule has 1 aromatic carbocycles. The number of hydrogen-bond donors (Lipinski definition) is 0. The molecule has 8 heteroatoms. The Hall–Kier alpha value is -2.51. The molecular formula is C21H22ClN5OS. The van der Waals surface area contributed by atoms with Gasteiger partial charge in [0.25, 0.3) is 0 Å². The maximum Gasteiger partial charge on any atom is 0.219 e. The van der Waals surface area contributed by atoms with Crippen molar-refractivity contribution in [2.24, 2.45) is 4.99 Å². The minimum atomic E-state index is -0.324. The summed E-state index contributed by atoms with van der Waals surface area (Å²) < 4.78 is 2.09. The lowest BCUT2D eigenvalue weighted by Gasteiger charge is -2.20. The second kappa shape index (κ2) is 7.39. The zero-order valence-corrected chi connectivity index (χ0v) is 18.6. The molecule has 6 nitrogen and oxygen atoms in total. The van der Waals surface area contributed by atoms with Crippen LogP contribution >= 0.6 is 22.9 Å². The Morgan fingerprint density at radius 1 is 1.21 bits per heavy atom. The van der Waals surface area contributed by atoms with Gasteiger partial charge in [-0.15, -0.1) is 21.5 Å². The molecule has 1 amide bonds. The van der Waals surface area contributed by atoms with E-state index >= 15 is 0 Å². The van der Waals surface area contributed by atoms with Gasteiger partial charge in [0.05, 0.1) is 5.71 Å². The minimum Gasteiger partial charge on any atom is -0.343 e. The zero-order valence-electron chi connectivity index (χ0n) is 17.0. The van der Waals surface area contributed by atoms with Gasteiger partial charge < -0.3 is 4.90 Å². The summed E-state index contributed by atoms with van der Waals surface area (Å²) in [6.07, 6.45) is 0. The molecule has 3 aromatic rings. The largest absolute Gasteiger partial charge is 0.343 e. The van der Waals surface area contributed by atoms with Crippen molar-refractivity contribution < 1.29 is 4.79 Å². The van der Waals surface area contributed by atoms with Crippen molar-refractivity contribution in [3.8, 4) is 5.00 Å². The molecule has 2 aromatic heterocycles. The molecule has 0 N–H and O–H groups in total. The number of rotatable bonds is 3. The highest BCUT2D eigenvalue weighted by atomic mass is 35.5. The second-order valence-electron chi connectivity index (χ2n) is 7.30. The molecule has 0 saturated carbocycles. The number of hydrogen-bond acceptors (Lipinski definition) is 5. The molecule has 0 saturated heterocycles. The SMILES string of the molecule is CC(=O)N(C)C[C@@H]1N=C(c2ccc(Cl)cc2)c2c(sc(C)c2C)-n2c(C)nnc21. The Balaban J connectivity index is 1.99. The summed E-state index contributed by atoms with van der Waals surface area (Å²) >= 11 is 7.84. The molecule has 0 radical (unpaired) electrons. The number of aryl methyl sites for hydroxylation is 2. The molecule has 0 unspecified atom stereocenters. The average molecular weight is 428 g/mol. The van der Waals surface area contributed by atoms with E-state index in [0.29, 0.717) is 11.6 Å². The Morgan fingerprint density at radius 2 is 1.90 bits per heavy atom. The first-order valence-corrected chi connectivity index (χ1v) is 10.6. The number of thiophene rings is 1. The van der Waals surface area contributed by atoms with Gasteiger partial charge in [-0.05, 0) is 38.5 Å². The van der Waals surface area contributed by atoms with Gasteiger partial charge in [-0.2, -0.15) is 0 Å². The first-order valence-electron chi connectivity index (χ1n) is 9.36. The lowest BCUT2D eigenvalue weighted by Crippen LogP contribution is -2.29. The van der Waals surface area contributed by atoms with Crippen molar-refractivity contribution in [1.82, 2.24) is 19.7 Å². The highest BCUT2D eigenvalue weighted by Gasteiger charge is 2.32. The van der Waals surface area contributed by atoms with E-state index in [9.17, 15) is 4.79 Å². The first kappa shape index (κ1) is 19.8. The van der Waals surface area contributed by atoms with Gasteiger partial charge in [-0.1, -0.05) is 23.7 Å². The van der Waals surface area contributed by atoms with Gasteiger partial charge in [0, 0.05) is 41.5 Å². The zero-order chi connectivity index (χ0) is 20.9. The van der Waals surface area contributed by atoms with E-state index in [0.717, 1.165) is 33.5 Å². The van der Waals surface area contributed by atoms with E-state index in [-0.39, 0.29) is 11.9 Å². The van der Waals surface area contributed by atoms with Gasteiger partial charge in [-0.25, -0.2) is 0 Å². The number of aliphatic imine (C=N–C) groups is 1. The van der Waals surface area contributed by atoms with E-state index in [4.69, 9.17) is 16.6 Å². The molecule has 1 aliphatic rings. The third-order valence-corrected chi connectivity index (χ3v) is 6.79. The normalized spacial score (nSPS) is 15.4. The van der Waals surface area contributed by atoms with Crippen LogP contribution in [-0.2, 0) is 4.79 Å². The van der Waals surface area contributed by atoms with Crippen LogP contribution in [0.3, 0.4) is 0 Å². The van der Waals surface area contributed by atoms with Crippen LogP contribution < -0.4 is 0 Å². The number of benzene rings is 1. The fourth-order valence-corrected chi connectivity index (χ4v) is 4.85. The Labute approximate surface area is 178 Å². The van der Waals surface area contributed by atoms with Crippen LogP contribution in [0.2, 0.25) is 5.02 Å². The lowest BCUT2D eigenvalue weighted by atomic mass is 10.00. The molecule has 0 bridgehead atoms. The van der Waals surface area contributed by atoms with Crippen LogP contribution in [0.4, 0.5) is 0 Å². The monoisotopic (exact) mass is 427 g/mol. The van der Waals surface area contributed by atoms with Crippen molar-refractivity contribution in [2.45, 2.75) is 33.7 Å². The molecule has 1 aliphatic heterocycles. The lowest BCUT2D eigenvalue weighted by molar-refractivity contribution is -0.127. The second-order valence-corrected chi connectivity index (χ2v) is 8.94. The molecule has 0 spiro atoms. The highest BCUT2D eigenvalue weighted by molar-refractivity contribution is 7.15. The molecule has 0 fully saturated rings. The predicted molar refractivity (Wildman–Crippen MR) is 117 cm³/mol. The standard InChI is InChI=1S/C21H22ClN5OS/c1-11-12(2)29-21-18(11)19(15-6-8-16(22)9-7-15)23-17(10-26(5)14(4)28)20-25-24-13(3)27(20)21/h6-9,17H,10H2,1-5H3/t17-/m0/s1. The van der Waals surface area contributed by atoms with Crippen LogP contribution in [0.5, 0.6) is 0 Å². The van der Waals surface area contributed by atoms with Crippen LogP contribution in [0, 0.1) is 20.8 Å². The van der Waals surface area contributed by atoms with Gasteiger partial charge in [0.1, 0.15) is 16.9 Å². The smallest absolute Gasteiger partial charge is 0.219 e. The Bertz CT molecular complexity index is 1130. The molecule has 3 heterocycles. The van der Waals surface area contributed by atoms with Crippen LogP contribution in [0.15, 0.2) is 29.3 Å².